The summed E-state index contributed by atoms with van der Waals surface area (Å²) in [5.41, 5.74) is 9.10. The average molecular weight is 437 g/mol. The predicted octanol–water partition coefficient (Wildman–Crippen LogP) is 3.48. The Morgan fingerprint density at radius 2 is 1.81 bits per heavy atom. The molecule has 0 aliphatic carbocycles. The van der Waals surface area contributed by atoms with Crippen LogP contribution in [0.2, 0.25) is 0 Å². The maximum Gasteiger partial charge on any atom is 0.305 e. The smallest absolute Gasteiger partial charge is 0.305 e. The average Bonchev–Trinajstić information content (AvgIpc) is 3.09. The third-order valence-corrected chi connectivity index (χ3v) is 5.24. The standard InChI is InChI=1S/C25H28N2O5/c1-3-19-20(15-17-9-6-5-7-10-17)27-13-12-18(32-14-8-11-22(28)31-4-2)16-21(27)23(19)24(29)25(26)30/h5-7,9-10,12-13,16H,3-4,8,11,14-15H2,1-2H3,(H2,26,30). The van der Waals surface area contributed by atoms with Gasteiger partial charge in [0.05, 0.1) is 24.3 Å². The fourth-order valence-electron chi connectivity index (χ4n) is 3.82. The molecular weight excluding hydrogens is 408 g/mol. The molecule has 0 spiro atoms. The van der Waals surface area contributed by atoms with Gasteiger partial charge in [0.2, 0.25) is 0 Å². The number of pyridine rings is 1. The fourth-order valence-corrected chi connectivity index (χ4v) is 3.82. The molecule has 2 aromatic heterocycles. The second-order valence-electron chi connectivity index (χ2n) is 7.38. The van der Waals surface area contributed by atoms with E-state index in [9.17, 15) is 14.4 Å². The molecule has 0 saturated carbocycles. The van der Waals surface area contributed by atoms with E-state index in [1.54, 1.807) is 13.0 Å². The molecule has 2 heterocycles. The lowest BCUT2D eigenvalue weighted by Gasteiger charge is -2.09. The van der Waals surface area contributed by atoms with E-state index in [4.69, 9.17) is 15.2 Å². The van der Waals surface area contributed by atoms with Gasteiger partial charge in [-0.15, -0.1) is 0 Å². The van der Waals surface area contributed by atoms with Crippen molar-refractivity contribution in [1.82, 2.24) is 4.40 Å². The van der Waals surface area contributed by atoms with Crippen LogP contribution < -0.4 is 10.5 Å². The van der Waals surface area contributed by atoms with E-state index in [1.807, 2.05) is 53.9 Å². The summed E-state index contributed by atoms with van der Waals surface area (Å²) in [5, 5.41) is 0. The van der Waals surface area contributed by atoms with Gasteiger partial charge in [0.1, 0.15) is 5.75 Å². The Bertz CT molecular complexity index is 1120. The number of carbonyl (C=O) groups is 3. The zero-order valence-corrected chi connectivity index (χ0v) is 18.4. The van der Waals surface area contributed by atoms with Crippen LogP contribution in [0.25, 0.3) is 5.52 Å². The van der Waals surface area contributed by atoms with Gasteiger partial charge in [-0.1, -0.05) is 37.3 Å². The lowest BCUT2D eigenvalue weighted by atomic mass is 9.99. The lowest BCUT2D eigenvalue weighted by molar-refractivity contribution is -0.143. The number of ketones is 1. The van der Waals surface area contributed by atoms with Crippen molar-refractivity contribution < 1.29 is 23.9 Å². The molecule has 0 bridgehead atoms. The second kappa shape index (κ2) is 10.6. The normalized spacial score (nSPS) is 10.8. The number of amides is 1. The van der Waals surface area contributed by atoms with Crippen molar-refractivity contribution in [2.75, 3.05) is 13.2 Å². The maximum absolute atomic E-state index is 12.7. The number of rotatable bonds is 11. The molecule has 32 heavy (non-hydrogen) atoms. The largest absolute Gasteiger partial charge is 0.493 e. The van der Waals surface area contributed by atoms with Gasteiger partial charge >= 0.3 is 5.97 Å². The number of hydrogen-bond acceptors (Lipinski definition) is 5. The Kier molecular flexibility index (Phi) is 7.65. The van der Waals surface area contributed by atoms with Crippen LogP contribution in [0.15, 0.2) is 48.7 Å². The SMILES string of the molecule is CCOC(=O)CCCOc1ccn2c(Cc3ccccc3)c(CC)c(C(=O)C(N)=O)c2c1. The van der Waals surface area contributed by atoms with Gasteiger partial charge in [-0.05, 0) is 37.0 Å². The van der Waals surface area contributed by atoms with Crippen molar-refractivity contribution >= 4 is 23.2 Å². The number of fused-ring (bicyclic) bond motifs is 1. The molecule has 7 heteroatoms. The van der Waals surface area contributed by atoms with Crippen LogP contribution in [0.1, 0.15) is 53.9 Å². The summed E-state index contributed by atoms with van der Waals surface area (Å²) in [6, 6.07) is 13.5. The molecule has 0 aliphatic rings. The third-order valence-electron chi connectivity index (χ3n) is 5.24. The van der Waals surface area contributed by atoms with Crippen LogP contribution in [-0.2, 0) is 27.2 Å². The van der Waals surface area contributed by atoms with E-state index in [0.29, 0.717) is 49.3 Å². The van der Waals surface area contributed by atoms with Crippen LogP contribution in [0.3, 0.4) is 0 Å². The van der Waals surface area contributed by atoms with Crippen molar-refractivity contribution in [1.29, 1.82) is 0 Å². The Morgan fingerprint density at radius 3 is 2.47 bits per heavy atom. The van der Waals surface area contributed by atoms with Gasteiger partial charge < -0.3 is 19.6 Å². The van der Waals surface area contributed by atoms with Gasteiger partial charge in [0.25, 0.3) is 11.7 Å². The molecule has 0 atom stereocenters. The van der Waals surface area contributed by atoms with Crippen LogP contribution in [0, 0.1) is 0 Å². The van der Waals surface area contributed by atoms with E-state index in [-0.39, 0.29) is 12.4 Å². The molecule has 3 aromatic rings. The Balaban J connectivity index is 1.95. The molecule has 0 radical (unpaired) electrons. The number of nitrogens with two attached hydrogens (primary N) is 1. The molecule has 0 saturated heterocycles. The van der Waals surface area contributed by atoms with E-state index < -0.39 is 11.7 Å². The molecular formula is C25H28N2O5. The van der Waals surface area contributed by atoms with Crippen LogP contribution in [0.5, 0.6) is 5.75 Å². The zero-order valence-electron chi connectivity index (χ0n) is 18.4. The van der Waals surface area contributed by atoms with Gasteiger partial charge in [-0.3, -0.25) is 14.4 Å². The first-order valence-corrected chi connectivity index (χ1v) is 10.8. The van der Waals surface area contributed by atoms with Gasteiger partial charge in [0, 0.05) is 30.8 Å². The minimum Gasteiger partial charge on any atom is -0.493 e. The van der Waals surface area contributed by atoms with Crippen molar-refractivity contribution in [3.63, 3.8) is 0 Å². The van der Waals surface area contributed by atoms with E-state index in [2.05, 4.69) is 0 Å². The van der Waals surface area contributed by atoms with Crippen LogP contribution in [-0.4, -0.2) is 35.3 Å². The summed E-state index contributed by atoms with van der Waals surface area (Å²) in [6.07, 6.45) is 3.81. The van der Waals surface area contributed by atoms with E-state index >= 15 is 0 Å². The van der Waals surface area contributed by atoms with Gasteiger partial charge in [0.15, 0.2) is 0 Å². The number of ether oxygens (including phenoxy) is 2. The fraction of sp³-hybridized carbons (Fsp3) is 0.320. The first kappa shape index (κ1) is 23.1. The zero-order chi connectivity index (χ0) is 23.1. The minimum atomic E-state index is -0.987. The predicted molar refractivity (Wildman–Crippen MR) is 121 cm³/mol. The van der Waals surface area contributed by atoms with E-state index in [1.165, 1.54) is 0 Å². The Labute approximate surface area is 187 Å². The number of carbonyl (C=O) groups excluding carboxylic acids is 3. The highest BCUT2D eigenvalue weighted by Gasteiger charge is 2.25. The molecule has 0 fully saturated rings. The Hall–Kier alpha value is -3.61. The van der Waals surface area contributed by atoms with E-state index in [0.717, 1.165) is 16.8 Å². The number of hydrogen-bond donors (Lipinski definition) is 1. The second-order valence-corrected chi connectivity index (χ2v) is 7.38. The lowest BCUT2D eigenvalue weighted by Crippen LogP contribution is -2.24. The highest BCUT2D eigenvalue weighted by Crippen LogP contribution is 2.30. The third kappa shape index (κ3) is 5.17. The molecule has 7 nitrogen and oxygen atoms in total. The summed E-state index contributed by atoms with van der Waals surface area (Å²) in [7, 11) is 0. The van der Waals surface area contributed by atoms with Gasteiger partial charge in [-0.25, -0.2) is 0 Å². The number of esters is 1. The summed E-state index contributed by atoms with van der Waals surface area (Å²) < 4.78 is 12.6. The van der Waals surface area contributed by atoms with Crippen LogP contribution >= 0.6 is 0 Å². The molecule has 168 valence electrons. The summed E-state index contributed by atoms with van der Waals surface area (Å²) in [4.78, 5) is 36.0. The summed E-state index contributed by atoms with van der Waals surface area (Å²) >= 11 is 0. The number of benzene rings is 1. The topological polar surface area (TPSA) is 100 Å². The minimum absolute atomic E-state index is 0.259. The maximum atomic E-state index is 12.7. The summed E-state index contributed by atoms with van der Waals surface area (Å²) in [5.74, 6) is -1.41. The Morgan fingerprint density at radius 1 is 1.06 bits per heavy atom. The molecule has 3 rings (SSSR count). The first-order valence-electron chi connectivity index (χ1n) is 10.8. The number of Topliss-reactive ketones (excluding diaryl/α,β-unsaturated/α-hetero) is 1. The first-order chi connectivity index (χ1) is 15.5. The molecule has 0 aliphatic heterocycles. The highest BCUT2D eigenvalue weighted by molar-refractivity contribution is 6.44. The number of nitrogens with zero attached hydrogens (tertiary/aromatic N) is 1. The monoisotopic (exact) mass is 436 g/mol. The molecule has 1 amide bonds. The van der Waals surface area contributed by atoms with Crippen molar-refractivity contribution in [3.05, 3.63) is 71.0 Å². The van der Waals surface area contributed by atoms with Gasteiger partial charge in [-0.2, -0.15) is 0 Å². The number of aromatic nitrogens is 1. The summed E-state index contributed by atoms with van der Waals surface area (Å²) in [6.45, 7) is 4.40. The molecule has 2 N–H and O–H groups in total. The molecule has 0 unspecified atom stereocenters. The molecule has 1 aromatic carbocycles. The van der Waals surface area contributed by atoms with Crippen LogP contribution in [0.4, 0.5) is 0 Å². The highest BCUT2D eigenvalue weighted by atomic mass is 16.5. The van der Waals surface area contributed by atoms with Crippen molar-refractivity contribution in [3.8, 4) is 5.75 Å². The van der Waals surface area contributed by atoms with Crippen molar-refractivity contribution in [2.24, 2.45) is 5.73 Å². The van der Waals surface area contributed by atoms with Crippen molar-refractivity contribution in [2.45, 2.75) is 39.5 Å². The quantitative estimate of drug-likeness (QED) is 0.215. The number of primary amides is 1.